The third-order valence-electron chi connectivity index (χ3n) is 5.02. The van der Waals surface area contributed by atoms with E-state index >= 15 is 0 Å². The first kappa shape index (κ1) is 15.8. The lowest BCUT2D eigenvalue weighted by Crippen LogP contribution is -2.47. The molecule has 0 amide bonds. The Morgan fingerprint density at radius 2 is 2.04 bits per heavy atom. The van der Waals surface area contributed by atoms with Crippen molar-refractivity contribution in [1.29, 1.82) is 0 Å². The lowest BCUT2D eigenvalue weighted by atomic mass is 9.77. The summed E-state index contributed by atoms with van der Waals surface area (Å²) in [6.45, 7) is 1.60. The third-order valence-corrected chi connectivity index (χ3v) is 5.02. The van der Waals surface area contributed by atoms with Crippen LogP contribution < -0.4 is 4.90 Å². The number of benzene rings is 1. The lowest BCUT2D eigenvalue weighted by molar-refractivity contribution is -0.122. The topological polar surface area (TPSA) is 86.8 Å². The van der Waals surface area contributed by atoms with Crippen LogP contribution in [0.4, 0.5) is 6.01 Å². The molecule has 2 aliphatic rings. The molecule has 1 aliphatic carbocycles. The number of rotatable bonds is 1. The fourth-order valence-electron chi connectivity index (χ4n) is 3.92. The van der Waals surface area contributed by atoms with Gasteiger partial charge in [0, 0.05) is 18.5 Å². The minimum absolute atomic E-state index is 0.0684. The molecule has 1 saturated carbocycles. The maximum absolute atomic E-state index is 10.3. The molecule has 2 N–H and O–H groups in total. The number of carboxylic acid groups (broad SMARTS) is 1. The van der Waals surface area contributed by atoms with E-state index in [4.69, 9.17) is 14.3 Å². The predicted molar refractivity (Wildman–Crippen MR) is 86.4 cm³/mol. The zero-order chi connectivity index (χ0) is 16.3. The second-order valence-electron chi connectivity index (χ2n) is 6.37. The lowest BCUT2D eigenvalue weighted by Gasteiger charge is -2.41. The standard InChI is InChI=1S/C16H20N2O2.CH2O2/c19-14-7-3-8-16(14)9-4-10-18(11-16)15-17-12-5-1-2-6-13(12)20-15;2-1-3/h1-2,5-6,14,19H,3-4,7-11H2;1H,(H,2,3)/t14-,16+;/m1./s1. The van der Waals surface area contributed by atoms with Gasteiger partial charge in [0.1, 0.15) is 5.52 Å². The van der Waals surface area contributed by atoms with Gasteiger partial charge >= 0.3 is 0 Å². The van der Waals surface area contributed by atoms with Gasteiger partial charge in [0.15, 0.2) is 5.58 Å². The van der Waals surface area contributed by atoms with Crippen LogP contribution in [0.15, 0.2) is 28.7 Å². The van der Waals surface area contributed by atoms with E-state index < -0.39 is 0 Å². The highest BCUT2D eigenvalue weighted by Gasteiger charge is 2.45. The first-order chi connectivity index (χ1) is 11.2. The van der Waals surface area contributed by atoms with Crippen molar-refractivity contribution in [1.82, 2.24) is 4.98 Å². The van der Waals surface area contributed by atoms with E-state index in [2.05, 4.69) is 9.88 Å². The summed E-state index contributed by atoms with van der Waals surface area (Å²) in [7, 11) is 0. The average molecular weight is 318 g/mol. The van der Waals surface area contributed by atoms with Crippen molar-refractivity contribution in [3.8, 4) is 0 Å². The highest BCUT2D eigenvalue weighted by molar-refractivity contribution is 5.74. The molecule has 2 heterocycles. The molecular formula is C17H22N2O4. The van der Waals surface area contributed by atoms with Crippen LogP contribution in [0.5, 0.6) is 0 Å². The van der Waals surface area contributed by atoms with E-state index in [9.17, 15) is 5.11 Å². The fourth-order valence-corrected chi connectivity index (χ4v) is 3.92. The Hall–Kier alpha value is -2.08. The van der Waals surface area contributed by atoms with E-state index in [1.54, 1.807) is 0 Å². The number of para-hydroxylation sites is 2. The van der Waals surface area contributed by atoms with Crippen LogP contribution in [-0.4, -0.2) is 40.9 Å². The van der Waals surface area contributed by atoms with Gasteiger partial charge in [-0.3, -0.25) is 4.79 Å². The molecule has 124 valence electrons. The molecule has 0 unspecified atom stereocenters. The number of carbonyl (C=O) groups is 1. The monoisotopic (exact) mass is 318 g/mol. The van der Waals surface area contributed by atoms with Crippen LogP contribution in [0.1, 0.15) is 32.1 Å². The first-order valence-electron chi connectivity index (χ1n) is 8.05. The molecular weight excluding hydrogens is 296 g/mol. The predicted octanol–water partition coefficient (Wildman–Crippen LogP) is 2.66. The fraction of sp³-hybridized carbons (Fsp3) is 0.529. The van der Waals surface area contributed by atoms with Gasteiger partial charge in [-0.1, -0.05) is 18.6 Å². The summed E-state index contributed by atoms with van der Waals surface area (Å²) in [6.07, 6.45) is 5.30. The van der Waals surface area contributed by atoms with Gasteiger partial charge in [0.25, 0.3) is 12.5 Å². The molecule has 1 aliphatic heterocycles. The van der Waals surface area contributed by atoms with Crippen LogP contribution in [0.25, 0.3) is 11.1 Å². The number of aromatic nitrogens is 1. The van der Waals surface area contributed by atoms with Crippen LogP contribution in [0, 0.1) is 5.41 Å². The van der Waals surface area contributed by atoms with E-state index in [0.29, 0.717) is 6.01 Å². The molecule has 23 heavy (non-hydrogen) atoms. The smallest absolute Gasteiger partial charge is 0.298 e. The van der Waals surface area contributed by atoms with Crippen molar-refractivity contribution in [3.05, 3.63) is 24.3 Å². The molecule has 1 spiro atoms. The minimum Gasteiger partial charge on any atom is -0.483 e. The Labute approximate surface area is 134 Å². The zero-order valence-corrected chi connectivity index (χ0v) is 13.0. The van der Waals surface area contributed by atoms with Crippen LogP contribution in [0.3, 0.4) is 0 Å². The summed E-state index contributed by atoms with van der Waals surface area (Å²) in [4.78, 5) is 15.2. The molecule has 6 heteroatoms. The number of anilines is 1. The van der Waals surface area contributed by atoms with Gasteiger partial charge in [-0.2, -0.15) is 4.98 Å². The quantitative estimate of drug-likeness (QED) is 0.786. The summed E-state index contributed by atoms with van der Waals surface area (Å²) >= 11 is 0. The minimum atomic E-state index is -0.250. The number of aliphatic hydroxyl groups excluding tert-OH is 1. The van der Waals surface area contributed by atoms with Crippen molar-refractivity contribution < 1.29 is 19.4 Å². The zero-order valence-electron chi connectivity index (χ0n) is 13.0. The normalized spacial score (nSPS) is 27.0. The highest BCUT2D eigenvalue weighted by atomic mass is 16.4. The Balaban J connectivity index is 0.000000485. The van der Waals surface area contributed by atoms with Crippen LogP contribution in [-0.2, 0) is 4.79 Å². The van der Waals surface area contributed by atoms with Crippen molar-refractivity contribution in [2.24, 2.45) is 5.41 Å². The molecule has 0 bridgehead atoms. The number of oxazole rings is 1. The van der Waals surface area contributed by atoms with Crippen molar-refractivity contribution in [2.75, 3.05) is 18.0 Å². The Bertz CT molecular complexity index is 638. The maximum Gasteiger partial charge on any atom is 0.298 e. The number of nitrogens with zero attached hydrogens (tertiary/aromatic N) is 2. The van der Waals surface area contributed by atoms with E-state index in [0.717, 1.165) is 56.3 Å². The van der Waals surface area contributed by atoms with E-state index in [1.807, 2.05) is 24.3 Å². The van der Waals surface area contributed by atoms with Gasteiger partial charge in [0.05, 0.1) is 6.10 Å². The summed E-state index contributed by atoms with van der Waals surface area (Å²) in [6, 6.07) is 8.59. The highest BCUT2D eigenvalue weighted by Crippen LogP contribution is 2.45. The molecule has 2 atom stereocenters. The third kappa shape index (κ3) is 3.03. The van der Waals surface area contributed by atoms with Gasteiger partial charge in [-0.25, -0.2) is 0 Å². The van der Waals surface area contributed by atoms with E-state index in [1.165, 1.54) is 0 Å². The summed E-state index contributed by atoms with van der Waals surface area (Å²) < 4.78 is 5.88. The van der Waals surface area contributed by atoms with Crippen LogP contribution >= 0.6 is 0 Å². The number of fused-ring (bicyclic) bond motifs is 1. The second-order valence-corrected chi connectivity index (χ2v) is 6.37. The molecule has 1 aromatic carbocycles. The molecule has 2 fully saturated rings. The van der Waals surface area contributed by atoms with Crippen molar-refractivity contribution in [2.45, 2.75) is 38.2 Å². The van der Waals surface area contributed by atoms with Gasteiger partial charge in [-0.15, -0.1) is 0 Å². The Morgan fingerprint density at radius 1 is 1.30 bits per heavy atom. The molecule has 0 radical (unpaired) electrons. The molecule has 1 saturated heterocycles. The molecule has 6 nitrogen and oxygen atoms in total. The number of hydrogen-bond acceptors (Lipinski definition) is 5. The summed E-state index contributed by atoms with van der Waals surface area (Å²) in [5.74, 6) is 0. The summed E-state index contributed by atoms with van der Waals surface area (Å²) in [5.41, 5.74) is 1.82. The number of hydrogen-bond donors (Lipinski definition) is 2. The second kappa shape index (κ2) is 6.58. The van der Waals surface area contributed by atoms with Gasteiger partial charge < -0.3 is 19.5 Å². The number of aliphatic hydroxyl groups is 1. The largest absolute Gasteiger partial charge is 0.483 e. The van der Waals surface area contributed by atoms with Crippen molar-refractivity contribution in [3.63, 3.8) is 0 Å². The van der Waals surface area contributed by atoms with Crippen LogP contribution in [0.2, 0.25) is 0 Å². The Morgan fingerprint density at radius 3 is 2.74 bits per heavy atom. The average Bonchev–Trinajstić information content (AvgIpc) is 3.13. The Kier molecular flexibility index (Phi) is 4.52. The maximum atomic E-state index is 10.3. The van der Waals surface area contributed by atoms with Gasteiger partial charge in [0.2, 0.25) is 0 Å². The SMILES string of the molecule is O=CO.O[C@@H]1CCC[C@@]12CCCN(c1nc3ccccc3o1)C2. The summed E-state index contributed by atoms with van der Waals surface area (Å²) in [5, 5.41) is 17.2. The van der Waals surface area contributed by atoms with Gasteiger partial charge in [-0.05, 0) is 37.8 Å². The number of piperidine rings is 1. The molecule has 2 aromatic rings. The first-order valence-corrected chi connectivity index (χ1v) is 8.05. The van der Waals surface area contributed by atoms with E-state index in [-0.39, 0.29) is 18.0 Å². The molecule has 1 aromatic heterocycles. The van der Waals surface area contributed by atoms with Crippen molar-refractivity contribution >= 4 is 23.6 Å². The molecule has 4 rings (SSSR count).